The average Bonchev–Trinajstić information content (AvgIpc) is 3.14. The molecule has 0 amide bonds. The zero-order valence-electron chi connectivity index (χ0n) is 12.3. The number of benzene rings is 2. The lowest BCUT2D eigenvalue weighted by Crippen LogP contribution is -1.84. The minimum atomic E-state index is 0.216. The number of nitrogens with zero attached hydrogens (tertiary/aromatic N) is 3. The molecule has 4 rings (SSSR count). The molecule has 4 aromatic rings. The summed E-state index contributed by atoms with van der Waals surface area (Å²) in [5.41, 5.74) is 2.43. The molecular weight excluding hydrogens is 310 g/mol. The quantitative estimate of drug-likeness (QED) is 0.622. The van der Waals surface area contributed by atoms with E-state index in [-0.39, 0.29) is 5.75 Å². The van der Waals surface area contributed by atoms with Gasteiger partial charge in [0, 0.05) is 11.1 Å². The standard InChI is InChI=1S/C17H13N3O2S/c1-22-12-8-6-11(7-9-12)16-19-20-10-14(18-17(20)23-16)13-4-2-3-5-15(13)21/h2-10,21H,1H3. The maximum absolute atomic E-state index is 9.93. The lowest BCUT2D eigenvalue weighted by Gasteiger charge is -2.00. The van der Waals surface area contributed by atoms with Crippen molar-refractivity contribution >= 4 is 16.3 Å². The zero-order valence-corrected chi connectivity index (χ0v) is 13.1. The van der Waals surface area contributed by atoms with E-state index in [2.05, 4.69) is 10.1 Å². The molecule has 0 fully saturated rings. The van der Waals surface area contributed by atoms with Crippen molar-refractivity contribution in [3.63, 3.8) is 0 Å². The van der Waals surface area contributed by atoms with Crippen LogP contribution >= 0.6 is 11.3 Å². The predicted molar refractivity (Wildman–Crippen MR) is 90.0 cm³/mol. The molecule has 114 valence electrons. The maximum atomic E-state index is 9.93. The van der Waals surface area contributed by atoms with Gasteiger partial charge in [0.1, 0.15) is 16.5 Å². The van der Waals surface area contributed by atoms with Crippen LogP contribution in [0.5, 0.6) is 11.5 Å². The van der Waals surface area contributed by atoms with Gasteiger partial charge in [-0.2, -0.15) is 5.10 Å². The van der Waals surface area contributed by atoms with Crippen molar-refractivity contribution in [2.24, 2.45) is 0 Å². The number of aromatic nitrogens is 3. The largest absolute Gasteiger partial charge is 0.507 e. The number of aromatic hydroxyl groups is 1. The van der Waals surface area contributed by atoms with Crippen LogP contribution in [0.15, 0.2) is 54.7 Å². The fourth-order valence-electron chi connectivity index (χ4n) is 2.37. The fourth-order valence-corrected chi connectivity index (χ4v) is 3.26. The van der Waals surface area contributed by atoms with Crippen LogP contribution in [0.4, 0.5) is 0 Å². The Morgan fingerprint density at radius 2 is 1.87 bits per heavy atom. The molecule has 0 aliphatic heterocycles. The Morgan fingerprint density at radius 3 is 2.57 bits per heavy atom. The molecule has 0 aliphatic carbocycles. The Labute approximate surface area is 136 Å². The first-order valence-corrected chi connectivity index (χ1v) is 7.85. The van der Waals surface area contributed by atoms with Gasteiger partial charge in [-0.3, -0.25) is 0 Å². The normalized spacial score (nSPS) is 11.0. The Bertz CT molecular complexity index is 942. The molecule has 1 N–H and O–H groups in total. The summed E-state index contributed by atoms with van der Waals surface area (Å²) in [6, 6.07) is 14.9. The van der Waals surface area contributed by atoms with Crippen molar-refractivity contribution in [2.75, 3.05) is 7.11 Å². The van der Waals surface area contributed by atoms with Gasteiger partial charge in [-0.15, -0.1) is 0 Å². The second-order valence-corrected chi connectivity index (χ2v) is 5.96. The summed E-state index contributed by atoms with van der Waals surface area (Å²) >= 11 is 1.50. The molecular formula is C17H13N3O2S. The van der Waals surface area contributed by atoms with Gasteiger partial charge in [0.25, 0.3) is 0 Å². The Balaban J connectivity index is 1.73. The molecule has 5 nitrogen and oxygen atoms in total. The summed E-state index contributed by atoms with van der Waals surface area (Å²) in [5, 5.41) is 15.4. The van der Waals surface area contributed by atoms with Crippen LogP contribution in [0.2, 0.25) is 0 Å². The van der Waals surface area contributed by atoms with Crippen molar-refractivity contribution in [3.8, 4) is 33.3 Å². The van der Waals surface area contributed by atoms with Gasteiger partial charge in [0.2, 0.25) is 4.96 Å². The van der Waals surface area contributed by atoms with Crippen LogP contribution in [0.25, 0.3) is 26.8 Å². The van der Waals surface area contributed by atoms with Crippen LogP contribution in [-0.2, 0) is 0 Å². The number of fused-ring (bicyclic) bond motifs is 1. The number of phenols is 1. The molecule has 6 heteroatoms. The second kappa shape index (κ2) is 5.40. The Morgan fingerprint density at radius 1 is 1.09 bits per heavy atom. The van der Waals surface area contributed by atoms with Crippen LogP contribution in [0, 0.1) is 0 Å². The van der Waals surface area contributed by atoms with Gasteiger partial charge in [0.05, 0.1) is 19.0 Å². The fraction of sp³-hybridized carbons (Fsp3) is 0.0588. The van der Waals surface area contributed by atoms with Gasteiger partial charge in [0.15, 0.2) is 0 Å². The number of methoxy groups -OCH3 is 1. The number of hydrogen-bond acceptors (Lipinski definition) is 5. The molecule has 2 heterocycles. The first-order valence-electron chi connectivity index (χ1n) is 7.03. The number of rotatable bonds is 3. The average molecular weight is 323 g/mol. The van der Waals surface area contributed by atoms with Crippen molar-refractivity contribution < 1.29 is 9.84 Å². The van der Waals surface area contributed by atoms with Gasteiger partial charge in [-0.1, -0.05) is 23.5 Å². The van der Waals surface area contributed by atoms with Crippen LogP contribution < -0.4 is 4.74 Å². The highest BCUT2D eigenvalue weighted by Gasteiger charge is 2.13. The molecule has 2 aromatic carbocycles. The zero-order chi connectivity index (χ0) is 15.8. The summed E-state index contributed by atoms with van der Waals surface area (Å²) in [6.07, 6.45) is 1.83. The van der Waals surface area contributed by atoms with E-state index < -0.39 is 0 Å². The second-order valence-electron chi connectivity index (χ2n) is 5.01. The minimum Gasteiger partial charge on any atom is -0.507 e. The lowest BCUT2D eigenvalue weighted by atomic mass is 10.1. The number of hydrogen-bond donors (Lipinski definition) is 1. The molecule has 2 aromatic heterocycles. The van der Waals surface area contributed by atoms with E-state index in [1.807, 2.05) is 42.6 Å². The molecule has 0 saturated heterocycles. The third-order valence-electron chi connectivity index (χ3n) is 3.56. The maximum Gasteiger partial charge on any atom is 0.213 e. The third kappa shape index (κ3) is 2.43. The summed E-state index contributed by atoms with van der Waals surface area (Å²) in [6.45, 7) is 0. The van der Waals surface area contributed by atoms with Crippen molar-refractivity contribution in [1.82, 2.24) is 14.6 Å². The van der Waals surface area contributed by atoms with E-state index in [0.29, 0.717) is 11.3 Å². The summed E-state index contributed by atoms with van der Waals surface area (Å²) < 4.78 is 6.91. The van der Waals surface area contributed by atoms with E-state index >= 15 is 0 Å². The van der Waals surface area contributed by atoms with Crippen molar-refractivity contribution in [2.45, 2.75) is 0 Å². The summed E-state index contributed by atoms with van der Waals surface area (Å²) in [4.78, 5) is 5.34. The molecule has 0 saturated carbocycles. The topological polar surface area (TPSA) is 59.7 Å². The van der Waals surface area contributed by atoms with E-state index in [1.165, 1.54) is 11.3 Å². The van der Waals surface area contributed by atoms with E-state index in [1.54, 1.807) is 23.8 Å². The molecule has 0 unspecified atom stereocenters. The molecule has 0 atom stereocenters. The summed E-state index contributed by atoms with van der Waals surface area (Å²) in [5.74, 6) is 1.03. The monoisotopic (exact) mass is 323 g/mol. The number of imidazole rings is 1. The molecule has 23 heavy (non-hydrogen) atoms. The van der Waals surface area contributed by atoms with Gasteiger partial charge >= 0.3 is 0 Å². The summed E-state index contributed by atoms with van der Waals surface area (Å²) in [7, 11) is 1.65. The van der Waals surface area contributed by atoms with E-state index in [0.717, 1.165) is 21.3 Å². The predicted octanol–water partition coefficient (Wildman–Crippen LogP) is 3.84. The number of phenolic OH excluding ortho intramolecular Hbond substituents is 1. The third-order valence-corrected chi connectivity index (χ3v) is 4.53. The van der Waals surface area contributed by atoms with Gasteiger partial charge in [-0.05, 0) is 36.4 Å². The number of ether oxygens (including phenoxy) is 1. The Hall–Kier alpha value is -2.86. The number of para-hydroxylation sites is 1. The first kappa shape index (κ1) is 13.8. The van der Waals surface area contributed by atoms with Gasteiger partial charge < -0.3 is 9.84 Å². The van der Waals surface area contributed by atoms with Crippen molar-refractivity contribution in [1.29, 1.82) is 0 Å². The van der Waals surface area contributed by atoms with Crippen LogP contribution in [0.1, 0.15) is 0 Å². The highest BCUT2D eigenvalue weighted by Crippen LogP contribution is 2.31. The van der Waals surface area contributed by atoms with Crippen LogP contribution in [-0.4, -0.2) is 26.8 Å². The van der Waals surface area contributed by atoms with Crippen LogP contribution in [0.3, 0.4) is 0 Å². The first-order chi connectivity index (χ1) is 11.2. The minimum absolute atomic E-state index is 0.216. The van der Waals surface area contributed by atoms with Gasteiger partial charge in [-0.25, -0.2) is 9.50 Å². The lowest BCUT2D eigenvalue weighted by molar-refractivity contribution is 0.415. The van der Waals surface area contributed by atoms with Crippen molar-refractivity contribution in [3.05, 3.63) is 54.7 Å². The molecule has 0 aliphatic rings. The molecule has 0 spiro atoms. The molecule has 0 radical (unpaired) electrons. The smallest absolute Gasteiger partial charge is 0.213 e. The van der Waals surface area contributed by atoms with E-state index in [9.17, 15) is 5.11 Å². The highest BCUT2D eigenvalue weighted by atomic mass is 32.1. The Kier molecular flexibility index (Phi) is 3.24. The highest BCUT2D eigenvalue weighted by molar-refractivity contribution is 7.19. The molecule has 0 bridgehead atoms. The SMILES string of the molecule is COc1ccc(-c2nn3cc(-c4ccccc4O)nc3s2)cc1. The van der Waals surface area contributed by atoms with E-state index in [4.69, 9.17) is 4.74 Å².